The topological polar surface area (TPSA) is 50.4 Å². The molecule has 122 valence electrons. The molecule has 0 unspecified atom stereocenters. The van der Waals surface area contributed by atoms with E-state index in [9.17, 15) is 4.79 Å². The van der Waals surface area contributed by atoms with Gasteiger partial charge in [0.15, 0.2) is 0 Å². The van der Waals surface area contributed by atoms with E-state index in [4.69, 9.17) is 4.74 Å². The molecule has 1 amide bonds. The van der Waals surface area contributed by atoms with E-state index in [1.807, 2.05) is 56.3 Å². The normalized spacial score (nSPS) is 11.8. The van der Waals surface area contributed by atoms with Gasteiger partial charge in [-0.25, -0.2) is 0 Å². The van der Waals surface area contributed by atoms with Crippen LogP contribution < -0.4 is 15.4 Å². The summed E-state index contributed by atoms with van der Waals surface area (Å²) in [5.41, 5.74) is 3.06. The lowest BCUT2D eigenvalue weighted by atomic mass is 10.1. The number of anilines is 1. The second kappa shape index (κ2) is 8.13. The molecule has 0 heterocycles. The highest BCUT2D eigenvalue weighted by molar-refractivity contribution is 9.10. The number of benzene rings is 2. The highest BCUT2D eigenvalue weighted by atomic mass is 79.9. The summed E-state index contributed by atoms with van der Waals surface area (Å²) in [6.45, 7) is 4.29. The van der Waals surface area contributed by atoms with Gasteiger partial charge >= 0.3 is 0 Å². The molecule has 1 atom stereocenters. The monoisotopic (exact) mass is 376 g/mol. The van der Waals surface area contributed by atoms with Crippen LogP contribution in [0.25, 0.3) is 0 Å². The maximum atomic E-state index is 12.0. The number of hydrogen-bond donors (Lipinski definition) is 2. The first-order valence-corrected chi connectivity index (χ1v) is 8.22. The number of ether oxygens (including phenoxy) is 1. The van der Waals surface area contributed by atoms with Gasteiger partial charge < -0.3 is 15.4 Å². The molecule has 0 aliphatic rings. The molecule has 2 rings (SSSR count). The molecule has 0 saturated heterocycles. The Morgan fingerprint density at radius 1 is 1.22 bits per heavy atom. The molecule has 0 bridgehead atoms. The van der Waals surface area contributed by atoms with E-state index in [0.29, 0.717) is 0 Å². The first-order valence-electron chi connectivity index (χ1n) is 7.43. The Balaban J connectivity index is 1.88. The molecule has 23 heavy (non-hydrogen) atoms. The van der Waals surface area contributed by atoms with Gasteiger partial charge in [0, 0.05) is 11.7 Å². The molecule has 0 radical (unpaired) electrons. The second-order valence-corrected chi connectivity index (χ2v) is 6.27. The number of carbonyl (C=O) groups is 1. The van der Waals surface area contributed by atoms with Crippen LogP contribution in [-0.4, -0.2) is 19.6 Å². The molecule has 2 aromatic carbocycles. The van der Waals surface area contributed by atoms with Crippen molar-refractivity contribution in [1.82, 2.24) is 5.32 Å². The molecule has 4 nitrogen and oxygen atoms in total. The van der Waals surface area contributed by atoms with Gasteiger partial charge in [-0.3, -0.25) is 4.79 Å². The standard InChI is InChI=1S/C18H21BrN2O2/c1-12-4-7-15(8-5-12)21-18(22)11-20-13(2)14-6-9-17(23-3)16(19)10-14/h4-10,13,20H,11H2,1-3H3,(H,21,22)/t13-/m1/s1. The average molecular weight is 377 g/mol. The number of halogens is 1. The van der Waals surface area contributed by atoms with Crippen molar-refractivity contribution in [2.75, 3.05) is 19.0 Å². The van der Waals surface area contributed by atoms with E-state index in [0.717, 1.165) is 21.5 Å². The second-order valence-electron chi connectivity index (χ2n) is 5.41. The Bertz CT molecular complexity index is 671. The fourth-order valence-corrected chi connectivity index (χ4v) is 2.72. The van der Waals surface area contributed by atoms with Crippen LogP contribution in [0.4, 0.5) is 5.69 Å². The van der Waals surface area contributed by atoms with Crippen molar-refractivity contribution in [3.05, 3.63) is 58.1 Å². The molecule has 2 aromatic rings. The van der Waals surface area contributed by atoms with E-state index in [2.05, 4.69) is 26.6 Å². The molecular formula is C18H21BrN2O2. The Kier molecular flexibility index (Phi) is 6.19. The van der Waals surface area contributed by atoms with Gasteiger partial charge in [-0.2, -0.15) is 0 Å². The predicted molar refractivity (Wildman–Crippen MR) is 96.9 cm³/mol. The first kappa shape index (κ1) is 17.5. The summed E-state index contributed by atoms with van der Waals surface area (Å²) >= 11 is 3.47. The van der Waals surface area contributed by atoms with E-state index >= 15 is 0 Å². The van der Waals surface area contributed by atoms with Gasteiger partial charge in [0.05, 0.1) is 18.1 Å². The lowest BCUT2D eigenvalue weighted by Crippen LogP contribution is -2.30. The number of aryl methyl sites for hydroxylation is 1. The molecule has 0 aliphatic carbocycles. The maximum absolute atomic E-state index is 12.0. The van der Waals surface area contributed by atoms with Gasteiger partial charge in [-0.15, -0.1) is 0 Å². The van der Waals surface area contributed by atoms with Gasteiger partial charge in [0.2, 0.25) is 5.91 Å². The third kappa shape index (κ3) is 5.08. The maximum Gasteiger partial charge on any atom is 0.238 e. The van der Waals surface area contributed by atoms with Gasteiger partial charge in [-0.05, 0) is 59.6 Å². The van der Waals surface area contributed by atoms with Crippen LogP contribution in [0, 0.1) is 6.92 Å². The molecule has 2 N–H and O–H groups in total. The predicted octanol–water partition coefficient (Wildman–Crippen LogP) is 4.06. The van der Waals surface area contributed by atoms with Gasteiger partial charge in [0.25, 0.3) is 0 Å². The Labute approximate surface area is 145 Å². The lowest BCUT2D eigenvalue weighted by Gasteiger charge is -2.15. The summed E-state index contributed by atoms with van der Waals surface area (Å²) < 4.78 is 6.12. The molecule has 5 heteroatoms. The number of carbonyl (C=O) groups excluding carboxylic acids is 1. The highest BCUT2D eigenvalue weighted by Crippen LogP contribution is 2.27. The van der Waals surface area contributed by atoms with E-state index in [1.54, 1.807) is 7.11 Å². The van der Waals surface area contributed by atoms with E-state index in [-0.39, 0.29) is 18.5 Å². The van der Waals surface area contributed by atoms with Crippen molar-refractivity contribution in [1.29, 1.82) is 0 Å². The van der Waals surface area contributed by atoms with Gasteiger partial charge in [0.1, 0.15) is 5.75 Å². The zero-order valence-electron chi connectivity index (χ0n) is 13.5. The molecular weight excluding hydrogens is 356 g/mol. The van der Waals surface area contributed by atoms with Crippen molar-refractivity contribution in [2.45, 2.75) is 19.9 Å². The van der Waals surface area contributed by atoms with Crippen molar-refractivity contribution in [2.24, 2.45) is 0 Å². The number of nitrogens with one attached hydrogen (secondary N) is 2. The Morgan fingerprint density at radius 3 is 2.52 bits per heavy atom. The van der Waals surface area contributed by atoms with Crippen LogP contribution in [0.15, 0.2) is 46.9 Å². The lowest BCUT2D eigenvalue weighted by molar-refractivity contribution is -0.115. The van der Waals surface area contributed by atoms with E-state index < -0.39 is 0 Å². The SMILES string of the molecule is COc1ccc([C@@H](C)NCC(=O)Nc2ccc(C)cc2)cc1Br. The molecule has 0 spiro atoms. The number of rotatable bonds is 6. The van der Waals surface area contributed by atoms with Crippen LogP contribution >= 0.6 is 15.9 Å². The molecule has 0 aliphatic heterocycles. The summed E-state index contributed by atoms with van der Waals surface area (Å²) in [6, 6.07) is 13.7. The summed E-state index contributed by atoms with van der Waals surface area (Å²) in [5.74, 6) is 0.728. The zero-order valence-corrected chi connectivity index (χ0v) is 15.1. The van der Waals surface area contributed by atoms with Gasteiger partial charge in [-0.1, -0.05) is 23.8 Å². The van der Waals surface area contributed by atoms with Crippen molar-refractivity contribution in [3.63, 3.8) is 0 Å². The van der Waals surface area contributed by atoms with Crippen LogP contribution in [-0.2, 0) is 4.79 Å². The van der Waals surface area contributed by atoms with Crippen LogP contribution in [0.3, 0.4) is 0 Å². The number of methoxy groups -OCH3 is 1. The molecule has 0 saturated carbocycles. The van der Waals surface area contributed by atoms with Crippen LogP contribution in [0.2, 0.25) is 0 Å². The Hall–Kier alpha value is -1.85. The molecule has 0 aromatic heterocycles. The third-order valence-electron chi connectivity index (χ3n) is 3.58. The minimum atomic E-state index is -0.0618. The van der Waals surface area contributed by atoms with Crippen LogP contribution in [0.1, 0.15) is 24.1 Å². The van der Waals surface area contributed by atoms with Crippen molar-refractivity contribution in [3.8, 4) is 5.75 Å². The molecule has 0 fully saturated rings. The van der Waals surface area contributed by atoms with Crippen LogP contribution in [0.5, 0.6) is 5.75 Å². The third-order valence-corrected chi connectivity index (χ3v) is 4.20. The van der Waals surface area contributed by atoms with Crippen molar-refractivity contribution < 1.29 is 9.53 Å². The quantitative estimate of drug-likeness (QED) is 0.799. The minimum Gasteiger partial charge on any atom is -0.496 e. The zero-order chi connectivity index (χ0) is 16.8. The smallest absolute Gasteiger partial charge is 0.238 e. The number of hydrogen-bond acceptors (Lipinski definition) is 3. The average Bonchev–Trinajstić information content (AvgIpc) is 2.54. The highest BCUT2D eigenvalue weighted by Gasteiger charge is 2.10. The fourth-order valence-electron chi connectivity index (χ4n) is 2.16. The fraction of sp³-hybridized carbons (Fsp3) is 0.278. The van der Waals surface area contributed by atoms with E-state index in [1.165, 1.54) is 5.56 Å². The number of amides is 1. The minimum absolute atomic E-state index is 0.0565. The summed E-state index contributed by atoms with van der Waals surface area (Å²) in [6.07, 6.45) is 0. The summed E-state index contributed by atoms with van der Waals surface area (Å²) in [5, 5.41) is 6.10. The summed E-state index contributed by atoms with van der Waals surface area (Å²) in [4.78, 5) is 12.0. The summed E-state index contributed by atoms with van der Waals surface area (Å²) in [7, 11) is 1.64. The van der Waals surface area contributed by atoms with Crippen molar-refractivity contribution >= 4 is 27.5 Å². The first-order chi connectivity index (χ1) is 11.0. The Morgan fingerprint density at radius 2 is 1.91 bits per heavy atom. The largest absolute Gasteiger partial charge is 0.496 e.